The van der Waals surface area contributed by atoms with Gasteiger partial charge in [0.15, 0.2) is 0 Å². The number of nitrogens with one attached hydrogen (secondary N) is 2. The molecule has 1 aromatic heterocycles. The van der Waals surface area contributed by atoms with Crippen molar-refractivity contribution in [3.05, 3.63) is 60.4 Å². The molecular weight excluding hydrogens is 328 g/mol. The van der Waals surface area contributed by atoms with Crippen LogP contribution in [-0.2, 0) is 11.2 Å². The van der Waals surface area contributed by atoms with E-state index in [0.717, 1.165) is 24.2 Å². The Morgan fingerprint density at radius 1 is 1.12 bits per heavy atom. The molecule has 2 aromatic rings. The minimum absolute atomic E-state index is 0.0122. The van der Waals surface area contributed by atoms with Crippen LogP contribution in [0.1, 0.15) is 18.5 Å². The highest BCUT2D eigenvalue weighted by molar-refractivity contribution is 5.90. The Labute approximate surface area is 153 Å². The molecule has 6 nitrogen and oxygen atoms in total. The largest absolute Gasteiger partial charge is 0.355 e. The van der Waals surface area contributed by atoms with Gasteiger partial charge in [-0.3, -0.25) is 9.78 Å². The summed E-state index contributed by atoms with van der Waals surface area (Å²) >= 11 is 0. The molecule has 6 heteroatoms. The van der Waals surface area contributed by atoms with Crippen LogP contribution in [0.4, 0.5) is 10.5 Å². The van der Waals surface area contributed by atoms with E-state index in [0.29, 0.717) is 26.1 Å². The van der Waals surface area contributed by atoms with Crippen molar-refractivity contribution in [3.8, 4) is 0 Å². The van der Waals surface area contributed by atoms with Gasteiger partial charge in [0.2, 0.25) is 5.91 Å². The molecule has 1 fully saturated rings. The Kier molecular flexibility index (Phi) is 6.19. The number of carbonyl (C=O) groups is 2. The molecule has 0 bridgehead atoms. The van der Waals surface area contributed by atoms with Gasteiger partial charge in [-0.2, -0.15) is 0 Å². The summed E-state index contributed by atoms with van der Waals surface area (Å²) in [5.74, 6) is -0.146. The smallest absolute Gasteiger partial charge is 0.321 e. The van der Waals surface area contributed by atoms with E-state index < -0.39 is 0 Å². The van der Waals surface area contributed by atoms with E-state index in [-0.39, 0.29) is 17.9 Å². The normalized spacial score (nSPS) is 16.8. The van der Waals surface area contributed by atoms with E-state index in [1.54, 1.807) is 11.1 Å². The van der Waals surface area contributed by atoms with E-state index in [1.807, 2.05) is 48.5 Å². The lowest BCUT2D eigenvalue weighted by Gasteiger charge is -2.32. The molecule has 1 atom stereocenters. The molecule has 1 saturated heterocycles. The fraction of sp³-hybridized carbons (Fsp3) is 0.350. The summed E-state index contributed by atoms with van der Waals surface area (Å²) in [6.07, 6.45) is 4.10. The Morgan fingerprint density at radius 2 is 1.92 bits per heavy atom. The van der Waals surface area contributed by atoms with Crippen LogP contribution < -0.4 is 10.6 Å². The zero-order chi connectivity index (χ0) is 18.2. The minimum Gasteiger partial charge on any atom is -0.355 e. The van der Waals surface area contributed by atoms with Crippen molar-refractivity contribution < 1.29 is 9.59 Å². The topological polar surface area (TPSA) is 74.3 Å². The van der Waals surface area contributed by atoms with E-state index in [1.165, 1.54) is 0 Å². The van der Waals surface area contributed by atoms with Gasteiger partial charge in [-0.1, -0.05) is 24.3 Å². The van der Waals surface area contributed by atoms with Gasteiger partial charge >= 0.3 is 6.03 Å². The number of carbonyl (C=O) groups excluding carboxylic acids is 2. The van der Waals surface area contributed by atoms with Gasteiger partial charge in [0.1, 0.15) is 0 Å². The van der Waals surface area contributed by atoms with Gasteiger partial charge in [0.05, 0.1) is 5.92 Å². The van der Waals surface area contributed by atoms with Gasteiger partial charge < -0.3 is 15.5 Å². The predicted molar refractivity (Wildman–Crippen MR) is 101 cm³/mol. The number of amides is 3. The highest BCUT2D eigenvalue weighted by Gasteiger charge is 2.28. The molecule has 1 unspecified atom stereocenters. The number of hydrogen-bond donors (Lipinski definition) is 2. The summed E-state index contributed by atoms with van der Waals surface area (Å²) in [5.41, 5.74) is 1.72. The number of urea groups is 1. The van der Waals surface area contributed by atoms with Crippen LogP contribution in [0.3, 0.4) is 0 Å². The van der Waals surface area contributed by atoms with Gasteiger partial charge in [-0.05, 0) is 37.1 Å². The van der Waals surface area contributed by atoms with Crippen molar-refractivity contribution in [2.24, 2.45) is 5.92 Å². The summed E-state index contributed by atoms with van der Waals surface area (Å²) < 4.78 is 0. The van der Waals surface area contributed by atoms with Crippen LogP contribution in [-0.4, -0.2) is 41.5 Å². The number of benzene rings is 1. The Hall–Kier alpha value is -2.89. The van der Waals surface area contributed by atoms with Crippen molar-refractivity contribution in [1.29, 1.82) is 0 Å². The number of likely N-dealkylation sites (tertiary alicyclic amines) is 1. The van der Waals surface area contributed by atoms with Crippen LogP contribution in [0.5, 0.6) is 0 Å². The highest BCUT2D eigenvalue weighted by atomic mass is 16.2. The van der Waals surface area contributed by atoms with Gasteiger partial charge in [-0.15, -0.1) is 0 Å². The maximum Gasteiger partial charge on any atom is 0.321 e. The molecule has 0 radical (unpaired) electrons. The molecule has 0 aliphatic carbocycles. The van der Waals surface area contributed by atoms with Crippen LogP contribution in [0.2, 0.25) is 0 Å². The first-order valence-electron chi connectivity index (χ1n) is 9.01. The Morgan fingerprint density at radius 3 is 2.69 bits per heavy atom. The number of aromatic nitrogens is 1. The lowest BCUT2D eigenvalue weighted by molar-refractivity contribution is -0.126. The Balaban J connectivity index is 1.46. The number of pyridine rings is 1. The van der Waals surface area contributed by atoms with Crippen LogP contribution >= 0.6 is 0 Å². The third-order valence-corrected chi connectivity index (χ3v) is 4.51. The SMILES string of the molecule is O=C(NCCc1ccccn1)C1CCCN(C(=O)Nc2ccccc2)C1. The maximum absolute atomic E-state index is 12.4. The molecule has 136 valence electrons. The molecule has 0 spiro atoms. The second-order valence-corrected chi connectivity index (χ2v) is 6.44. The molecule has 2 N–H and O–H groups in total. The average Bonchev–Trinajstić information content (AvgIpc) is 2.69. The van der Waals surface area contributed by atoms with Crippen molar-refractivity contribution in [2.75, 3.05) is 25.0 Å². The van der Waals surface area contributed by atoms with Crippen LogP contribution in [0, 0.1) is 5.92 Å². The van der Waals surface area contributed by atoms with E-state index >= 15 is 0 Å². The molecular formula is C20H24N4O2. The summed E-state index contributed by atoms with van der Waals surface area (Å²) in [6, 6.07) is 15.0. The van der Waals surface area contributed by atoms with E-state index in [4.69, 9.17) is 0 Å². The summed E-state index contributed by atoms with van der Waals surface area (Å²) in [4.78, 5) is 30.8. The van der Waals surface area contributed by atoms with Gasteiger partial charge in [0.25, 0.3) is 0 Å². The number of rotatable bonds is 5. The molecule has 3 amide bonds. The Bertz CT molecular complexity index is 721. The van der Waals surface area contributed by atoms with Crippen molar-refractivity contribution >= 4 is 17.6 Å². The molecule has 3 rings (SSSR count). The summed E-state index contributed by atoms with van der Waals surface area (Å²) in [7, 11) is 0. The molecule has 2 heterocycles. The van der Waals surface area contributed by atoms with E-state index in [2.05, 4.69) is 15.6 Å². The average molecular weight is 352 g/mol. The standard InChI is InChI=1S/C20H24N4O2/c25-19(22-13-11-17-8-4-5-12-21-17)16-7-6-14-24(15-16)20(26)23-18-9-2-1-3-10-18/h1-5,8-10,12,16H,6-7,11,13-15H2,(H,22,25)(H,23,26). The monoisotopic (exact) mass is 352 g/mol. The van der Waals surface area contributed by atoms with Gasteiger partial charge in [0, 0.05) is 43.6 Å². The molecule has 26 heavy (non-hydrogen) atoms. The number of nitrogens with zero attached hydrogens (tertiary/aromatic N) is 2. The minimum atomic E-state index is -0.158. The van der Waals surface area contributed by atoms with Crippen LogP contribution in [0.25, 0.3) is 0 Å². The number of anilines is 1. The quantitative estimate of drug-likeness (QED) is 0.869. The zero-order valence-corrected chi connectivity index (χ0v) is 14.7. The summed E-state index contributed by atoms with van der Waals surface area (Å²) in [5, 5.41) is 5.86. The number of para-hydroxylation sites is 1. The molecule has 0 saturated carbocycles. The molecule has 1 aromatic carbocycles. The second-order valence-electron chi connectivity index (χ2n) is 6.44. The van der Waals surface area contributed by atoms with Crippen LogP contribution in [0.15, 0.2) is 54.7 Å². The fourth-order valence-corrected chi connectivity index (χ4v) is 3.10. The van der Waals surface area contributed by atoms with Crippen molar-refractivity contribution in [2.45, 2.75) is 19.3 Å². The predicted octanol–water partition coefficient (Wildman–Crippen LogP) is 2.68. The molecule has 1 aliphatic heterocycles. The third-order valence-electron chi connectivity index (χ3n) is 4.51. The lowest BCUT2D eigenvalue weighted by Crippen LogP contribution is -2.47. The first-order chi connectivity index (χ1) is 12.7. The zero-order valence-electron chi connectivity index (χ0n) is 14.7. The summed E-state index contributed by atoms with van der Waals surface area (Å²) in [6.45, 7) is 1.69. The van der Waals surface area contributed by atoms with E-state index in [9.17, 15) is 9.59 Å². The number of hydrogen-bond acceptors (Lipinski definition) is 3. The maximum atomic E-state index is 12.4. The third kappa shape index (κ3) is 5.05. The number of piperidine rings is 1. The second kappa shape index (κ2) is 8.99. The molecule has 1 aliphatic rings. The van der Waals surface area contributed by atoms with Crippen molar-refractivity contribution in [1.82, 2.24) is 15.2 Å². The first kappa shape index (κ1) is 17.9. The van der Waals surface area contributed by atoms with Gasteiger partial charge in [-0.25, -0.2) is 4.79 Å². The first-order valence-corrected chi connectivity index (χ1v) is 9.01. The fourth-order valence-electron chi connectivity index (χ4n) is 3.10. The lowest BCUT2D eigenvalue weighted by atomic mass is 9.97. The highest BCUT2D eigenvalue weighted by Crippen LogP contribution is 2.18. The van der Waals surface area contributed by atoms with Crippen molar-refractivity contribution in [3.63, 3.8) is 0 Å².